The topological polar surface area (TPSA) is 11.8 Å². The lowest BCUT2D eigenvalue weighted by molar-refractivity contribution is -0.479. The average Bonchev–Trinajstić information content (AvgIpc) is 3.18. The molecule has 5 aromatic rings. The Morgan fingerprint density at radius 3 is 2.47 bits per heavy atom. The quantitative estimate of drug-likeness (QED) is 0.330. The van der Waals surface area contributed by atoms with E-state index in [-0.39, 0.29) is 0 Å². The van der Waals surface area contributed by atoms with Gasteiger partial charge in [-0.25, -0.2) is 0 Å². The van der Waals surface area contributed by atoms with Gasteiger partial charge in [-0.15, -0.1) is 0 Å². The fourth-order valence-corrected chi connectivity index (χ4v) is 5.08. The largest absolute Gasteiger partial charge is 0.372 e. The number of hydrogen-bond donors (Lipinski definition) is 0. The first kappa shape index (κ1) is 17.8. The maximum atomic E-state index is 2.54. The summed E-state index contributed by atoms with van der Waals surface area (Å²) in [6.45, 7) is 6.87. The first-order chi connectivity index (χ1) is 14.7. The van der Waals surface area contributed by atoms with E-state index < -0.39 is 0 Å². The number of pyridine rings is 2. The van der Waals surface area contributed by atoms with Gasteiger partial charge in [0.15, 0.2) is 5.52 Å². The first-order valence-corrected chi connectivity index (χ1v) is 11.3. The number of imidazole rings is 1. The molecule has 0 radical (unpaired) electrons. The molecule has 30 heavy (non-hydrogen) atoms. The number of piperidine rings is 1. The smallest absolute Gasteiger partial charge is 0.292 e. The molecule has 2 aromatic carbocycles. The minimum Gasteiger partial charge on any atom is -0.372 e. The Hall–Kier alpha value is -3.07. The molecule has 3 aromatic heterocycles. The van der Waals surface area contributed by atoms with Crippen LogP contribution in [-0.4, -0.2) is 17.5 Å². The second kappa shape index (κ2) is 6.73. The molecule has 0 saturated carbocycles. The minimum atomic E-state index is 0.543. The highest BCUT2D eigenvalue weighted by atomic mass is 15.1. The SMILES string of the molecule is CC(C)c1ccc2c(ccc3n4c(ccc5cc(N6CCCCC6)ccc54)c[n+]23)c1. The van der Waals surface area contributed by atoms with Gasteiger partial charge in [0.25, 0.3) is 5.65 Å². The van der Waals surface area contributed by atoms with Crippen LogP contribution < -0.4 is 9.30 Å². The van der Waals surface area contributed by atoms with Crippen molar-refractivity contribution < 1.29 is 4.40 Å². The monoisotopic (exact) mass is 394 g/mol. The van der Waals surface area contributed by atoms with Gasteiger partial charge in [0.2, 0.25) is 0 Å². The van der Waals surface area contributed by atoms with Crippen molar-refractivity contribution in [3.05, 3.63) is 72.4 Å². The van der Waals surface area contributed by atoms with E-state index in [9.17, 15) is 0 Å². The predicted octanol–water partition coefficient (Wildman–Crippen LogP) is 6.10. The normalized spacial score (nSPS) is 15.2. The highest BCUT2D eigenvalue weighted by Gasteiger charge is 2.18. The van der Waals surface area contributed by atoms with Gasteiger partial charge in [-0.1, -0.05) is 19.9 Å². The van der Waals surface area contributed by atoms with Crippen LogP contribution >= 0.6 is 0 Å². The van der Waals surface area contributed by atoms with Crippen LogP contribution in [0, 0.1) is 0 Å². The summed E-state index contributed by atoms with van der Waals surface area (Å²) < 4.78 is 4.73. The Labute approximate surface area is 177 Å². The lowest BCUT2D eigenvalue weighted by atomic mass is 10.0. The summed E-state index contributed by atoms with van der Waals surface area (Å²) in [4.78, 5) is 2.54. The number of fused-ring (bicyclic) bond motifs is 7. The van der Waals surface area contributed by atoms with Gasteiger partial charge in [-0.05, 0) is 79.3 Å². The van der Waals surface area contributed by atoms with Crippen LogP contribution in [0.2, 0.25) is 0 Å². The molecule has 0 bridgehead atoms. The van der Waals surface area contributed by atoms with Gasteiger partial charge in [0.1, 0.15) is 17.2 Å². The number of anilines is 1. The third kappa shape index (κ3) is 2.68. The highest BCUT2D eigenvalue weighted by Crippen LogP contribution is 2.27. The summed E-state index contributed by atoms with van der Waals surface area (Å²) in [6, 6.07) is 22.9. The molecule has 1 aliphatic heterocycles. The van der Waals surface area contributed by atoms with Crippen molar-refractivity contribution in [1.82, 2.24) is 4.40 Å². The van der Waals surface area contributed by atoms with Crippen molar-refractivity contribution in [2.75, 3.05) is 18.0 Å². The van der Waals surface area contributed by atoms with E-state index in [4.69, 9.17) is 0 Å². The van der Waals surface area contributed by atoms with Crippen molar-refractivity contribution >= 4 is 38.7 Å². The number of hydrogen-bond acceptors (Lipinski definition) is 1. The molecule has 150 valence electrons. The molecule has 0 N–H and O–H groups in total. The van der Waals surface area contributed by atoms with Crippen molar-refractivity contribution in [3.63, 3.8) is 0 Å². The minimum absolute atomic E-state index is 0.543. The summed E-state index contributed by atoms with van der Waals surface area (Å²) in [5.41, 5.74) is 7.73. The lowest BCUT2D eigenvalue weighted by Crippen LogP contribution is -2.29. The average molecular weight is 395 g/mol. The molecule has 1 aliphatic rings. The van der Waals surface area contributed by atoms with Gasteiger partial charge in [-0.3, -0.25) is 0 Å². The molecule has 3 nitrogen and oxygen atoms in total. The lowest BCUT2D eigenvalue weighted by Gasteiger charge is -2.28. The molecule has 1 saturated heterocycles. The number of benzene rings is 2. The Morgan fingerprint density at radius 2 is 1.63 bits per heavy atom. The molecular formula is C27H28N3+. The van der Waals surface area contributed by atoms with E-state index >= 15 is 0 Å². The van der Waals surface area contributed by atoms with Crippen molar-refractivity contribution in [3.8, 4) is 0 Å². The van der Waals surface area contributed by atoms with Gasteiger partial charge < -0.3 is 4.90 Å². The van der Waals surface area contributed by atoms with E-state index in [0.717, 1.165) is 0 Å². The standard InChI is InChI=1S/C27H28N3/c1-19(2)20-7-11-25-21(16-20)8-13-27-29(25)18-24-9-6-22-17-23(10-12-26(22)30(24)27)28-14-4-3-5-15-28/h6-13,16-19H,3-5,14-15H2,1-2H3/q+1. The molecule has 3 heteroatoms. The molecule has 4 heterocycles. The summed E-state index contributed by atoms with van der Waals surface area (Å²) in [5, 5.41) is 2.60. The van der Waals surface area contributed by atoms with Crippen LogP contribution in [0.4, 0.5) is 5.69 Å². The van der Waals surface area contributed by atoms with Gasteiger partial charge in [-0.2, -0.15) is 8.80 Å². The van der Waals surface area contributed by atoms with Crippen LogP contribution in [0.25, 0.3) is 33.0 Å². The van der Waals surface area contributed by atoms with Crippen molar-refractivity contribution in [2.24, 2.45) is 0 Å². The summed E-state index contributed by atoms with van der Waals surface area (Å²) in [5.74, 6) is 0.543. The summed E-state index contributed by atoms with van der Waals surface area (Å²) in [7, 11) is 0. The van der Waals surface area contributed by atoms with E-state index in [1.54, 1.807) is 0 Å². The third-order valence-electron chi connectivity index (χ3n) is 6.79. The summed E-state index contributed by atoms with van der Waals surface area (Å²) in [6.07, 6.45) is 6.25. The van der Waals surface area contributed by atoms with Crippen LogP contribution in [0.5, 0.6) is 0 Å². The molecule has 6 rings (SSSR count). The fourth-order valence-electron chi connectivity index (χ4n) is 5.08. The van der Waals surface area contributed by atoms with Crippen LogP contribution in [0.15, 0.2) is 66.9 Å². The van der Waals surface area contributed by atoms with E-state index in [0.29, 0.717) is 5.92 Å². The van der Waals surface area contributed by atoms with E-state index in [1.165, 1.54) is 76.6 Å². The predicted molar refractivity (Wildman–Crippen MR) is 126 cm³/mol. The van der Waals surface area contributed by atoms with Crippen LogP contribution in [-0.2, 0) is 0 Å². The highest BCUT2D eigenvalue weighted by molar-refractivity contribution is 5.88. The molecule has 0 amide bonds. The van der Waals surface area contributed by atoms with Gasteiger partial charge >= 0.3 is 0 Å². The zero-order valence-electron chi connectivity index (χ0n) is 17.8. The second-order valence-electron chi connectivity index (χ2n) is 9.05. The Kier molecular flexibility index (Phi) is 3.98. The summed E-state index contributed by atoms with van der Waals surface area (Å²) >= 11 is 0. The Morgan fingerprint density at radius 1 is 0.800 bits per heavy atom. The molecule has 0 unspecified atom stereocenters. The number of rotatable bonds is 2. The zero-order chi connectivity index (χ0) is 20.2. The zero-order valence-corrected chi connectivity index (χ0v) is 17.8. The van der Waals surface area contributed by atoms with E-state index in [1.807, 2.05) is 0 Å². The number of aromatic nitrogens is 2. The molecule has 0 spiro atoms. The Bertz CT molecular complexity index is 1400. The Balaban J connectivity index is 1.57. The molecule has 0 aliphatic carbocycles. The molecule has 0 atom stereocenters. The van der Waals surface area contributed by atoms with Gasteiger partial charge in [0, 0.05) is 35.6 Å². The van der Waals surface area contributed by atoms with Gasteiger partial charge in [0.05, 0.1) is 0 Å². The number of nitrogens with zero attached hydrogens (tertiary/aromatic N) is 3. The molecule has 1 fully saturated rings. The maximum Gasteiger partial charge on any atom is 0.292 e. The van der Waals surface area contributed by atoms with Crippen molar-refractivity contribution in [1.29, 1.82) is 0 Å². The van der Waals surface area contributed by atoms with Crippen LogP contribution in [0.1, 0.15) is 44.6 Å². The fraction of sp³-hybridized carbons (Fsp3) is 0.296. The maximum absolute atomic E-state index is 2.54. The second-order valence-corrected chi connectivity index (χ2v) is 9.05. The first-order valence-electron chi connectivity index (χ1n) is 11.3. The van der Waals surface area contributed by atoms with E-state index in [2.05, 4.69) is 94.4 Å². The third-order valence-corrected chi connectivity index (χ3v) is 6.79. The van der Waals surface area contributed by atoms with Crippen LogP contribution in [0.3, 0.4) is 0 Å². The van der Waals surface area contributed by atoms with Crippen molar-refractivity contribution in [2.45, 2.75) is 39.0 Å². The molecular weight excluding hydrogens is 366 g/mol.